The van der Waals surface area contributed by atoms with Crippen LogP contribution in [0.25, 0.3) is 0 Å². The quantitative estimate of drug-likeness (QED) is 0.148. The van der Waals surface area contributed by atoms with E-state index in [1.165, 1.54) is 0 Å². The molecule has 0 saturated heterocycles. The van der Waals surface area contributed by atoms with Crippen molar-refractivity contribution in [3.05, 3.63) is 100 Å². The molecule has 0 radical (unpaired) electrons. The number of hydrogen-bond acceptors (Lipinski definition) is 7. The molecule has 0 aromatic heterocycles. The summed E-state index contributed by atoms with van der Waals surface area (Å²) < 4.78 is 30.0. The Morgan fingerprint density at radius 1 is 0.795 bits per heavy atom. The molecule has 0 aliphatic carbocycles. The van der Waals surface area contributed by atoms with Gasteiger partial charge in [-0.05, 0) is 29.3 Å². The standard InChI is InChI=1S/C30H36Cl2N2O5/c1-34(26-17-24(31)15-16-25(26)32)33-18-27(38-19-22-11-7-5-8-12-22)30(29(37-4)28(36-3)21-35-2)39-20-23-13-9-6-10-14-23/h5-18,27-30H,19-21H2,1-4H3/b33-18+/t27-,28+,29+,30+/m0/s1. The van der Waals surface area contributed by atoms with Crippen LogP contribution in [0.5, 0.6) is 0 Å². The highest BCUT2D eigenvalue weighted by Crippen LogP contribution is 2.28. The lowest BCUT2D eigenvalue weighted by Gasteiger charge is -2.35. The number of anilines is 1. The van der Waals surface area contributed by atoms with Gasteiger partial charge in [-0.3, -0.25) is 5.01 Å². The number of nitrogens with zero attached hydrogens (tertiary/aromatic N) is 2. The molecule has 4 atom stereocenters. The Morgan fingerprint density at radius 3 is 1.97 bits per heavy atom. The molecule has 0 aliphatic heterocycles. The third kappa shape index (κ3) is 9.58. The summed E-state index contributed by atoms with van der Waals surface area (Å²) in [7, 11) is 6.65. The second-order valence-electron chi connectivity index (χ2n) is 8.84. The summed E-state index contributed by atoms with van der Waals surface area (Å²) >= 11 is 12.6. The molecule has 210 valence electrons. The molecule has 0 N–H and O–H groups in total. The van der Waals surface area contributed by atoms with E-state index in [9.17, 15) is 0 Å². The Labute approximate surface area is 241 Å². The van der Waals surface area contributed by atoms with E-state index < -0.39 is 24.4 Å². The third-order valence-corrected chi connectivity index (χ3v) is 6.69. The van der Waals surface area contributed by atoms with Gasteiger partial charge in [-0.1, -0.05) is 83.9 Å². The average molecular weight is 576 g/mol. The number of benzene rings is 3. The Kier molecular flexibility index (Phi) is 13.2. The minimum Gasteiger partial charge on any atom is -0.382 e. The first-order valence-electron chi connectivity index (χ1n) is 12.5. The van der Waals surface area contributed by atoms with Gasteiger partial charge in [-0.2, -0.15) is 5.10 Å². The van der Waals surface area contributed by atoms with E-state index in [1.54, 1.807) is 57.8 Å². The van der Waals surface area contributed by atoms with Crippen LogP contribution in [0, 0.1) is 0 Å². The Morgan fingerprint density at radius 2 is 1.41 bits per heavy atom. The van der Waals surface area contributed by atoms with Crippen molar-refractivity contribution in [2.24, 2.45) is 5.10 Å². The number of halogens is 2. The van der Waals surface area contributed by atoms with Crippen LogP contribution in [0.3, 0.4) is 0 Å². The van der Waals surface area contributed by atoms with Crippen LogP contribution < -0.4 is 5.01 Å². The highest BCUT2D eigenvalue weighted by Gasteiger charge is 2.37. The topological polar surface area (TPSA) is 61.8 Å². The predicted octanol–water partition coefficient (Wildman–Crippen LogP) is 6.26. The maximum absolute atomic E-state index is 6.50. The molecule has 7 nitrogen and oxygen atoms in total. The van der Waals surface area contributed by atoms with Crippen LogP contribution in [0.15, 0.2) is 84.0 Å². The van der Waals surface area contributed by atoms with Crippen molar-refractivity contribution in [1.82, 2.24) is 0 Å². The van der Waals surface area contributed by atoms with Crippen molar-refractivity contribution in [3.63, 3.8) is 0 Å². The molecule has 0 heterocycles. The van der Waals surface area contributed by atoms with Crippen molar-refractivity contribution in [2.45, 2.75) is 37.6 Å². The molecule has 39 heavy (non-hydrogen) atoms. The van der Waals surface area contributed by atoms with Crippen molar-refractivity contribution in [3.8, 4) is 0 Å². The first-order chi connectivity index (χ1) is 19.0. The van der Waals surface area contributed by atoms with Gasteiger partial charge in [0.25, 0.3) is 0 Å². The summed E-state index contributed by atoms with van der Waals surface area (Å²) in [6.07, 6.45) is -0.496. The summed E-state index contributed by atoms with van der Waals surface area (Å²) in [6.45, 7) is 0.979. The third-order valence-electron chi connectivity index (χ3n) is 6.13. The second-order valence-corrected chi connectivity index (χ2v) is 9.68. The van der Waals surface area contributed by atoms with Gasteiger partial charge in [-0.15, -0.1) is 0 Å². The zero-order valence-electron chi connectivity index (χ0n) is 22.7. The normalized spacial score (nSPS) is 14.7. The zero-order valence-corrected chi connectivity index (χ0v) is 24.2. The molecule has 0 unspecified atom stereocenters. The highest BCUT2D eigenvalue weighted by molar-refractivity contribution is 6.35. The Bertz CT molecular complexity index is 1140. The van der Waals surface area contributed by atoms with Crippen molar-refractivity contribution >= 4 is 35.1 Å². The summed E-state index contributed by atoms with van der Waals surface area (Å²) in [4.78, 5) is 0. The van der Waals surface area contributed by atoms with E-state index in [0.717, 1.165) is 11.1 Å². The lowest BCUT2D eigenvalue weighted by Crippen LogP contribution is -2.51. The second kappa shape index (κ2) is 16.6. The first kappa shape index (κ1) is 31.0. The fraction of sp³-hybridized carbons (Fsp3) is 0.367. The van der Waals surface area contributed by atoms with E-state index in [0.29, 0.717) is 35.6 Å². The van der Waals surface area contributed by atoms with Crippen LogP contribution in [0.1, 0.15) is 11.1 Å². The van der Waals surface area contributed by atoms with Crippen molar-refractivity contribution < 1.29 is 23.7 Å². The maximum Gasteiger partial charge on any atom is 0.124 e. The minimum absolute atomic E-state index is 0.306. The van der Waals surface area contributed by atoms with Crippen LogP contribution in [-0.2, 0) is 36.9 Å². The van der Waals surface area contributed by atoms with Gasteiger partial charge in [0.15, 0.2) is 0 Å². The number of ether oxygens (including phenoxy) is 5. The van der Waals surface area contributed by atoms with Crippen LogP contribution >= 0.6 is 23.2 Å². The SMILES string of the molecule is COC[C@@H](OC)[C@@H](OC)[C@H](OCc1ccccc1)[C@H](/C=N/N(C)c1cc(Cl)ccc1Cl)OCc1ccccc1. The molecule has 9 heteroatoms. The van der Waals surface area contributed by atoms with E-state index in [4.69, 9.17) is 46.9 Å². The smallest absolute Gasteiger partial charge is 0.124 e. The monoisotopic (exact) mass is 574 g/mol. The molecule has 3 aromatic carbocycles. The minimum atomic E-state index is -0.631. The van der Waals surface area contributed by atoms with E-state index in [1.807, 2.05) is 60.7 Å². The molecule has 0 fully saturated rings. The highest BCUT2D eigenvalue weighted by atomic mass is 35.5. The van der Waals surface area contributed by atoms with Gasteiger partial charge in [0.1, 0.15) is 24.4 Å². The van der Waals surface area contributed by atoms with Crippen LogP contribution in [0.2, 0.25) is 10.0 Å². The van der Waals surface area contributed by atoms with Gasteiger partial charge in [0.2, 0.25) is 0 Å². The van der Waals surface area contributed by atoms with Gasteiger partial charge in [0.05, 0.1) is 36.7 Å². The summed E-state index contributed by atoms with van der Waals surface area (Å²) in [5.41, 5.74) is 2.68. The van der Waals surface area contributed by atoms with Gasteiger partial charge >= 0.3 is 0 Å². The van der Waals surface area contributed by atoms with E-state index >= 15 is 0 Å². The molecule has 0 spiro atoms. The molecule has 0 aliphatic rings. The predicted molar refractivity (Wildman–Crippen MR) is 157 cm³/mol. The van der Waals surface area contributed by atoms with Crippen molar-refractivity contribution in [2.75, 3.05) is 40.0 Å². The summed E-state index contributed by atoms with van der Waals surface area (Å²) in [6, 6.07) is 25.0. The largest absolute Gasteiger partial charge is 0.382 e. The molecular weight excluding hydrogens is 539 g/mol. The summed E-state index contributed by atoms with van der Waals surface area (Å²) in [5.74, 6) is 0. The Balaban J connectivity index is 1.96. The lowest BCUT2D eigenvalue weighted by atomic mass is 10.0. The van der Waals surface area contributed by atoms with Crippen LogP contribution in [-0.4, -0.2) is 65.6 Å². The first-order valence-corrected chi connectivity index (χ1v) is 13.3. The van der Waals surface area contributed by atoms with Crippen LogP contribution in [0.4, 0.5) is 5.69 Å². The molecule has 0 amide bonds. The fourth-order valence-corrected chi connectivity index (χ4v) is 4.46. The van der Waals surface area contributed by atoms with Gasteiger partial charge in [-0.25, -0.2) is 0 Å². The molecule has 3 rings (SSSR count). The number of hydrazone groups is 1. The van der Waals surface area contributed by atoms with E-state index in [2.05, 4.69) is 5.10 Å². The molecule has 3 aromatic rings. The summed E-state index contributed by atoms with van der Waals surface area (Å²) in [5, 5.41) is 7.39. The average Bonchev–Trinajstić information content (AvgIpc) is 2.97. The number of methoxy groups -OCH3 is 3. The molecule has 0 bridgehead atoms. The van der Waals surface area contributed by atoms with Gasteiger partial charge < -0.3 is 23.7 Å². The molecule has 0 saturated carbocycles. The molecular formula is C30H36Cl2N2O5. The number of rotatable bonds is 16. The fourth-order valence-electron chi connectivity index (χ4n) is 4.05. The maximum atomic E-state index is 6.50. The zero-order chi connectivity index (χ0) is 28.0. The van der Waals surface area contributed by atoms with Crippen molar-refractivity contribution in [1.29, 1.82) is 0 Å². The Hall–Kier alpha value is -2.49. The number of hydrogen-bond donors (Lipinski definition) is 0. The van der Waals surface area contributed by atoms with E-state index in [-0.39, 0.29) is 0 Å². The lowest BCUT2D eigenvalue weighted by molar-refractivity contribution is -0.164. The van der Waals surface area contributed by atoms with Gasteiger partial charge in [0, 0.05) is 33.4 Å².